The molecule has 1 atom stereocenters. The molecule has 1 heterocycles. The maximum Gasteiger partial charge on any atom is 0.266 e. The Labute approximate surface area is 167 Å². The Kier molecular flexibility index (Phi) is 7.00. The molecule has 0 radical (unpaired) electrons. The summed E-state index contributed by atoms with van der Waals surface area (Å²) in [5.74, 6) is -0.413. The van der Waals surface area contributed by atoms with E-state index >= 15 is 0 Å². The topological polar surface area (TPSA) is 67.0 Å². The minimum absolute atomic E-state index is 0.0724. The Morgan fingerprint density at radius 1 is 1.38 bits per heavy atom. The van der Waals surface area contributed by atoms with Crippen LogP contribution in [0.15, 0.2) is 35.9 Å². The Morgan fingerprint density at radius 2 is 2.04 bits per heavy atom. The second-order valence-electron chi connectivity index (χ2n) is 6.13. The van der Waals surface area contributed by atoms with Crippen molar-refractivity contribution in [3.8, 4) is 6.07 Å². The number of nitriles is 1. The van der Waals surface area contributed by atoms with Gasteiger partial charge in [-0.25, -0.2) is 0 Å². The third-order valence-corrected chi connectivity index (χ3v) is 4.86. The first-order valence-corrected chi connectivity index (χ1v) is 9.31. The fourth-order valence-electron chi connectivity index (χ4n) is 2.98. The lowest BCUT2D eigenvalue weighted by Crippen LogP contribution is -2.14. The molecule has 0 aliphatic carbocycles. The molecule has 1 amide bonds. The van der Waals surface area contributed by atoms with Crippen LogP contribution in [0.1, 0.15) is 29.9 Å². The molecule has 0 saturated heterocycles. The van der Waals surface area contributed by atoms with E-state index in [9.17, 15) is 10.1 Å². The average Bonchev–Trinajstić information content (AvgIpc) is 2.88. The van der Waals surface area contributed by atoms with Gasteiger partial charge in [0, 0.05) is 27.8 Å². The predicted molar refractivity (Wildman–Crippen MR) is 112 cm³/mol. The summed E-state index contributed by atoms with van der Waals surface area (Å²) >= 11 is 2.20. The predicted octanol–water partition coefficient (Wildman–Crippen LogP) is 4.46. The fraction of sp³-hybridized carbons (Fsp3) is 0.300. The minimum Gasteiger partial charge on any atom is -0.383 e. The summed E-state index contributed by atoms with van der Waals surface area (Å²) in [7, 11) is 1.67. The van der Waals surface area contributed by atoms with E-state index in [1.54, 1.807) is 13.2 Å². The van der Waals surface area contributed by atoms with Crippen LogP contribution < -0.4 is 5.32 Å². The monoisotopic (exact) mass is 463 g/mol. The second-order valence-corrected chi connectivity index (χ2v) is 7.38. The molecular formula is C20H22IN3O2. The van der Waals surface area contributed by atoms with Crippen LogP contribution in [-0.4, -0.2) is 24.2 Å². The Hall–Kier alpha value is -2.11. The summed E-state index contributed by atoms with van der Waals surface area (Å²) < 4.78 is 8.47. The Morgan fingerprint density at radius 3 is 2.62 bits per heavy atom. The Bertz CT molecular complexity index is 860. The van der Waals surface area contributed by atoms with Gasteiger partial charge < -0.3 is 14.6 Å². The van der Waals surface area contributed by atoms with Gasteiger partial charge in [-0.3, -0.25) is 4.79 Å². The largest absolute Gasteiger partial charge is 0.383 e. The van der Waals surface area contributed by atoms with Crippen LogP contribution in [0.5, 0.6) is 0 Å². The van der Waals surface area contributed by atoms with Gasteiger partial charge in [0.1, 0.15) is 11.6 Å². The molecule has 0 spiro atoms. The van der Waals surface area contributed by atoms with Gasteiger partial charge in [0.2, 0.25) is 0 Å². The molecule has 0 fully saturated rings. The van der Waals surface area contributed by atoms with E-state index < -0.39 is 5.91 Å². The first-order chi connectivity index (χ1) is 12.4. The number of anilines is 1. The quantitative estimate of drug-likeness (QED) is 0.391. The standard InChI is InChI=1S/C20H22IN3O2/c1-13-9-16(15(3)24(13)14(2)12-26-4)10-17(11-22)20(25)23-19-7-5-18(21)6-8-19/h5-10,14H,12H2,1-4H3,(H,23,25)/b17-10-. The summed E-state index contributed by atoms with van der Waals surface area (Å²) in [6, 6.07) is 11.6. The number of carbonyl (C=O) groups is 1. The highest BCUT2D eigenvalue weighted by molar-refractivity contribution is 14.1. The first-order valence-electron chi connectivity index (χ1n) is 8.23. The molecule has 6 heteroatoms. The van der Waals surface area contributed by atoms with Crippen molar-refractivity contribution in [2.24, 2.45) is 0 Å². The summed E-state index contributed by atoms with van der Waals surface area (Å²) in [6.07, 6.45) is 1.64. The van der Waals surface area contributed by atoms with Gasteiger partial charge in [0.05, 0.1) is 12.6 Å². The molecular weight excluding hydrogens is 441 g/mol. The van der Waals surface area contributed by atoms with Gasteiger partial charge in [-0.1, -0.05) is 0 Å². The van der Waals surface area contributed by atoms with Crippen LogP contribution in [0.25, 0.3) is 6.08 Å². The van der Waals surface area contributed by atoms with E-state index in [1.165, 1.54) is 0 Å². The third kappa shape index (κ3) is 4.74. The molecule has 2 rings (SSSR count). The lowest BCUT2D eigenvalue weighted by molar-refractivity contribution is -0.112. The summed E-state index contributed by atoms with van der Waals surface area (Å²) in [6.45, 7) is 6.66. The molecule has 0 aliphatic rings. The van der Waals surface area contributed by atoms with Crippen LogP contribution in [0.2, 0.25) is 0 Å². The number of carbonyl (C=O) groups excluding carboxylic acids is 1. The molecule has 1 unspecified atom stereocenters. The van der Waals surface area contributed by atoms with Gasteiger partial charge in [-0.15, -0.1) is 0 Å². The molecule has 2 aromatic rings. The number of aromatic nitrogens is 1. The molecule has 0 bridgehead atoms. The number of aryl methyl sites for hydroxylation is 1. The lowest BCUT2D eigenvalue weighted by atomic mass is 10.1. The van der Waals surface area contributed by atoms with Crippen molar-refractivity contribution in [2.75, 3.05) is 19.0 Å². The maximum absolute atomic E-state index is 12.4. The van der Waals surface area contributed by atoms with Crippen molar-refractivity contribution in [1.82, 2.24) is 4.57 Å². The van der Waals surface area contributed by atoms with Crippen LogP contribution in [0, 0.1) is 28.7 Å². The molecule has 1 aromatic carbocycles. The molecule has 1 aromatic heterocycles. The van der Waals surface area contributed by atoms with Crippen LogP contribution in [0.3, 0.4) is 0 Å². The normalized spacial score (nSPS) is 12.5. The first kappa shape index (κ1) is 20.2. The summed E-state index contributed by atoms with van der Waals surface area (Å²) in [5, 5.41) is 12.2. The maximum atomic E-state index is 12.4. The fourth-order valence-corrected chi connectivity index (χ4v) is 3.34. The molecule has 136 valence electrons. The van der Waals surface area contributed by atoms with Crippen LogP contribution >= 0.6 is 22.6 Å². The number of rotatable bonds is 6. The highest BCUT2D eigenvalue weighted by Crippen LogP contribution is 2.23. The number of hydrogen-bond acceptors (Lipinski definition) is 3. The zero-order valence-corrected chi connectivity index (χ0v) is 17.5. The van der Waals surface area contributed by atoms with E-state index in [0.717, 1.165) is 20.5 Å². The smallest absolute Gasteiger partial charge is 0.266 e. The number of amides is 1. The number of hydrogen-bond donors (Lipinski definition) is 1. The van der Waals surface area contributed by atoms with Crippen molar-refractivity contribution in [1.29, 1.82) is 5.26 Å². The number of benzene rings is 1. The second kappa shape index (κ2) is 9.01. The third-order valence-electron chi connectivity index (χ3n) is 4.14. The molecule has 5 nitrogen and oxygen atoms in total. The van der Waals surface area contributed by atoms with E-state index in [-0.39, 0.29) is 11.6 Å². The van der Waals surface area contributed by atoms with Crippen molar-refractivity contribution in [3.05, 3.63) is 56.4 Å². The highest BCUT2D eigenvalue weighted by atomic mass is 127. The Balaban J connectivity index is 2.28. The van der Waals surface area contributed by atoms with Gasteiger partial charge in [0.25, 0.3) is 5.91 Å². The van der Waals surface area contributed by atoms with E-state index in [2.05, 4.69) is 39.4 Å². The molecule has 1 N–H and O–H groups in total. The van der Waals surface area contributed by atoms with E-state index in [0.29, 0.717) is 12.3 Å². The van der Waals surface area contributed by atoms with Crippen LogP contribution in [-0.2, 0) is 9.53 Å². The van der Waals surface area contributed by atoms with Gasteiger partial charge in [-0.05, 0) is 85.3 Å². The van der Waals surface area contributed by atoms with Gasteiger partial charge in [-0.2, -0.15) is 5.26 Å². The SMILES string of the molecule is COCC(C)n1c(C)cc(/C=C(/C#N)C(=O)Nc2ccc(I)cc2)c1C. The minimum atomic E-state index is -0.413. The molecule has 0 saturated carbocycles. The van der Waals surface area contributed by atoms with Crippen molar-refractivity contribution >= 4 is 40.3 Å². The van der Waals surface area contributed by atoms with Crippen molar-refractivity contribution in [2.45, 2.75) is 26.8 Å². The number of nitrogens with one attached hydrogen (secondary N) is 1. The average molecular weight is 463 g/mol. The van der Waals surface area contributed by atoms with E-state index in [4.69, 9.17) is 4.74 Å². The van der Waals surface area contributed by atoms with Crippen molar-refractivity contribution < 1.29 is 9.53 Å². The molecule has 0 aliphatic heterocycles. The number of ether oxygens (including phenoxy) is 1. The number of halogens is 1. The number of methoxy groups -OCH3 is 1. The molecule has 26 heavy (non-hydrogen) atoms. The van der Waals surface area contributed by atoms with Gasteiger partial charge in [0.15, 0.2) is 0 Å². The zero-order valence-electron chi connectivity index (χ0n) is 15.3. The number of nitrogens with zero attached hydrogens (tertiary/aromatic N) is 2. The van der Waals surface area contributed by atoms with Crippen molar-refractivity contribution in [3.63, 3.8) is 0 Å². The summed E-state index contributed by atoms with van der Waals surface area (Å²) in [4.78, 5) is 12.4. The highest BCUT2D eigenvalue weighted by Gasteiger charge is 2.16. The zero-order chi connectivity index (χ0) is 19.3. The summed E-state index contributed by atoms with van der Waals surface area (Å²) in [5.41, 5.74) is 3.66. The van der Waals surface area contributed by atoms with E-state index in [1.807, 2.05) is 50.2 Å². The van der Waals surface area contributed by atoms with Crippen LogP contribution in [0.4, 0.5) is 5.69 Å². The lowest BCUT2D eigenvalue weighted by Gasteiger charge is -2.17. The van der Waals surface area contributed by atoms with Gasteiger partial charge >= 0.3 is 0 Å².